The lowest BCUT2D eigenvalue weighted by Crippen LogP contribution is -1.99. The lowest BCUT2D eigenvalue weighted by atomic mass is 9.93. The highest BCUT2D eigenvalue weighted by atomic mass is 14.1. The summed E-state index contributed by atoms with van der Waals surface area (Å²) in [6, 6.07) is 17.4. The lowest BCUT2D eigenvalue weighted by molar-refractivity contribution is 0.994. The average Bonchev–Trinajstić information content (AvgIpc) is 2.39. The Labute approximate surface area is 104 Å². The summed E-state index contributed by atoms with van der Waals surface area (Å²) >= 11 is 0. The fraction of sp³-hybridized carbons (Fsp3) is 0.294. The van der Waals surface area contributed by atoms with E-state index in [2.05, 4.69) is 62.4 Å². The quantitative estimate of drug-likeness (QED) is 0.722. The molecule has 17 heavy (non-hydrogen) atoms. The zero-order chi connectivity index (χ0) is 12.1. The highest BCUT2D eigenvalue weighted by Crippen LogP contribution is 2.19. The summed E-state index contributed by atoms with van der Waals surface area (Å²) in [6.07, 6.45) is 3.32. The van der Waals surface area contributed by atoms with Crippen LogP contribution >= 0.6 is 0 Å². The predicted octanol–water partition coefficient (Wildman–Crippen LogP) is 4.40. The van der Waals surface area contributed by atoms with Gasteiger partial charge in [0.05, 0.1) is 0 Å². The summed E-state index contributed by atoms with van der Waals surface area (Å²) in [6.45, 7) is 4.49. The molecule has 0 N–H and O–H groups in total. The molecule has 0 unspecified atom stereocenters. The highest BCUT2D eigenvalue weighted by Gasteiger charge is 2.05. The van der Waals surface area contributed by atoms with Crippen LogP contribution in [0.5, 0.6) is 0 Å². The van der Waals surface area contributed by atoms with E-state index in [4.69, 9.17) is 0 Å². The van der Waals surface area contributed by atoms with Gasteiger partial charge in [0.15, 0.2) is 0 Å². The van der Waals surface area contributed by atoms with Gasteiger partial charge in [0.1, 0.15) is 0 Å². The van der Waals surface area contributed by atoms with E-state index in [0.717, 1.165) is 19.3 Å². The molecule has 2 aromatic rings. The van der Waals surface area contributed by atoms with Crippen LogP contribution in [0.2, 0.25) is 0 Å². The Hall–Kier alpha value is -1.56. The van der Waals surface area contributed by atoms with Crippen molar-refractivity contribution in [1.29, 1.82) is 0 Å². The zero-order valence-electron chi connectivity index (χ0n) is 10.7. The van der Waals surface area contributed by atoms with Crippen molar-refractivity contribution in [1.82, 2.24) is 0 Å². The molecule has 2 aromatic carbocycles. The van der Waals surface area contributed by atoms with E-state index in [1.807, 2.05) is 0 Å². The van der Waals surface area contributed by atoms with E-state index in [0.29, 0.717) is 0 Å². The van der Waals surface area contributed by atoms with Crippen molar-refractivity contribution in [2.24, 2.45) is 0 Å². The molecule has 0 nitrogen and oxygen atoms in total. The molecule has 0 fully saturated rings. The van der Waals surface area contributed by atoms with Crippen molar-refractivity contribution in [2.45, 2.75) is 33.1 Å². The summed E-state index contributed by atoms with van der Waals surface area (Å²) in [5.41, 5.74) is 5.92. The van der Waals surface area contributed by atoms with Crippen LogP contribution in [0.4, 0.5) is 0 Å². The van der Waals surface area contributed by atoms with Gasteiger partial charge in [0.2, 0.25) is 0 Å². The first-order chi connectivity index (χ1) is 8.35. The number of hydrogen-bond acceptors (Lipinski definition) is 0. The standard InChI is InChI=1S/C17H20/c1-3-15-11-8-12-16(17(15)4-2)13-14-9-6-5-7-10-14/h5-12H,3-4,13H2,1-2H3. The third-order valence-corrected chi connectivity index (χ3v) is 3.34. The van der Waals surface area contributed by atoms with Crippen molar-refractivity contribution >= 4 is 0 Å². The molecule has 88 valence electrons. The first-order valence-corrected chi connectivity index (χ1v) is 6.48. The molecule has 2 rings (SSSR count). The van der Waals surface area contributed by atoms with Gasteiger partial charge in [-0.2, -0.15) is 0 Å². The Kier molecular flexibility index (Phi) is 3.98. The predicted molar refractivity (Wildman–Crippen MR) is 74.4 cm³/mol. The normalized spacial score (nSPS) is 10.5. The second-order valence-corrected chi connectivity index (χ2v) is 4.42. The van der Waals surface area contributed by atoms with Crippen LogP contribution in [-0.4, -0.2) is 0 Å². The Balaban J connectivity index is 2.33. The van der Waals surface area contributed by atoms with Crippen molar-refractivity contribution in [3.63, 3.8) is 0 Å². The largest absolute Gasteiger partial charge is 0.0622 e. The fourth-order valence-electron chi connectivity index (χ4n) is 2.45. The summed E-state index contributed by atoms with van der Waals surface area (Å²) in [5, 5.41) is 0. The van der Waals surface area contributed by atoms with Gasteiger partial charge in [-0.05, 0) is 41.5 Å². The van der Waals surface area contributed by atoms with Crippen LogP contribution in [0.1, 0.15) is 36.1 Å². The van der Waals surface area contributed by atoms with Gasteiger partial charge in [-0.15, -0.1) is 0 Å². The van der Waals surface area contributed by atoms with Crippen molar-refractivity contribution in [3.8, 4) is 0 Å². The van der Waals surface area contributed by atoms with E-state index in [1.165, 1.54) is 16.7 Å². The zero-order valence-corrected chi connectivity index (χ0v) is 10.7. The Morgan fingerprint density at radius 1 is 0.706 bits per heavy atom. The minimum atomic E-state index is 1.05. The van der Waals surface area contributed by atoms with Gasteiger partial charge in [0, 0.05) is 0 Å². The van der Waals surface area contributed by atoms with Crippen molar-refractivity contribution < 1.29 is 0 Å². The molecule has 0 heterocycles. The number of benzene rings is 2. The molecule has 0 aromatic heterocycles. The van der Waals surface area contributed by atoms with E-state index >= 15 is 0 Å². The minimum Gasteiger partial charge on any atom is -0.0622 e. The third kappa shape index (κ3) is 2.76. The van der Waals surface area contributed by atoms with Crippen LogP contribution in [0.3, 0.4) is 0 Å². The molecule has 0 spiro atoms. The maximum atomic E-state index is 2.27. The fourth-order valence-corrected chi connectivity index (χ4v) is 2.45. The minimum absolute atomic E-state index is 1.05. The van der Waals surface area contributed by atoms with Crippen LogP contribution in [0.25, 0.3) is 0 Å². The van der Waals surface area contributed by atoms with Crippen LogP contribution in [-0.2, 0) is 19.3 Å². The summed E-state index contributed by atoms with van der Waals surface area (Å²) in [4.78, 5) is 0. The molecule has 0 atom stereocenters. The third-order valence-electron chi connectivity index (χ3n) is 3.34. The molecule has 0 aliphatic heterocycles. The SMILES string of the molecule is CCc1cccc(Cc2ccccc2)c1CC. The Morgan fingerprint density at radius 3 is 2.06 bits per heavy atom. The first kappa shape index (κ1) is 11.9. The molecule has 0 bridgehead atoms. The molecule has 0 heteroatoms. The van der Waals surface area contributed by atoms with E-state index in [-0.39, 0.29) is 0 Å². The van der Waals surface area contributed by atoms with Crippen molar-refractivity contribution in [3.05, 3.63) is 70.8 Å². The molecule has 0 radical (unpaired) electrons. The second kappa shape index (κ2) is 5.67. The summed E-state index contributed by atoms with van der Waals surface area (Å²) < 4.78 is 0. The molecule has 0 saturated heterocycles. The van der Waals surface area contributed by atoms with E-state index in [1.54, 1.807) is 5.56 Å². The van der Waals surface area contributed by atoms with Gasteiger partial charge in [-0.25, -0.2) is 0 Å². The summed E-state index contributed by atoms with van der Waals surface area (Å²) in [5.74, 6) is 0. The number of rotatable bonds is 4. The van der Waals surface area contributed by atoms with Gasteiger partial charge in [0.25, 0.3) is 0 Å². The highest BCUT2D eigenvalue weighted by molar-refractivity contribution is 5.38. The first-order valence-electron chi connectivity index (χ1n) is 6.48. The smallest absolute Gasteiger partial charge is 0.00229 e. The Morgan fingerprint density at radius 2 is 1.41 bits per heavy atom. The lowest BCUT2D eigenvalue weighted by Gasteiger charge is -2.12. The average molecular weight is 224 g/mol. The van der Waals surface area contributed by atoms with Crippen molar-refractivity contribution in [2.75, 3.05) is 0 Å². The summed E-state index contributed by atoms with van der Waals surface area (Å²) in [7, 11) is 0. The van der Waals surface area contributed by atoms with Crippen LogP contribution in [0.15, 0.2) is 48.5 Å². The molecular weight excluding hydrogens is 204 g/mol. The molecule has 0 aliphatic rings. The number of hydrogen-bond donors (Lipinski definition) is 0. The maximum Gasteiger partial charge on any atom is -0.00229 e. The monoisotopic (exact) mass is 224 g/mol. The van der Waals surface area contributed by atoms with Crippen LogP contribution < -0.4 is 0 Å². The van der Waals surface area contributed by atoms with Gasteiger partial charge in [-0.3, -0.25) is 0 Å². The van der Waals surface area contributed by atoms with E-state index < -0.39 is 0 Å². The van der Waals surface area contributed by atoms with Gasteiger partial charge in [-0.1, -0.05) is 62.4 Å². The topological polar surface area (TPSA) is 0 Å². The van der Waals surface area contributed by atoms with Gasteiger partial charge >= 0.3 is 0 Å². The van der Waals surface area contributed by atoms with Gasteiger partial charge < -0.3 is 0 Å². The molecular formula is C17H20. The number of aryl methyl sites for hydroxylation is 1. The van der Waals surface area contributed by atoms with Crippen LogP contribution in [0, 0.1) is 0 Å². The maximum absolute atomic E-state index is 2.27. The van der Waals surface area contributed by atoms with E-state index in [9.17, 15) is 0 Å². The molecule has 0 amide bonds. The second-order valence-electron chi connectivity index (χ2n) is 4.42. The molecule has 0 aliphatic carbocycles. The Bertz CT molecular complexity index is 469. The molecule has 0 saturated carbocycles.